The van der Waals surface area contributed by atoms with E-state index in [-0.39, 0.29) is 0 Å². The molecule has 0 bridgehead atoms. The fourth-order valence-electron chi connectivity index (χ4n) is 1.18. The van der Waals surface area contributed by atoms with Crippen LogP contribution in [0.25, 0.3) is 0 Å². The van der Waals surface area contributed by atoms with Gasteiger partial charge in [-0.15, -0.1) is 0 Å². The number of aliphatic carboxylic acids is 1. The Morgan fingerprint density at radius 3 is 2.87 bits per heavy atom. The molecule has 4 nitrogen and oxygen atoms in total. The van der Waals surface area contributed by atoms with E-state index in [9.17, 15) is 4.79 Å². The van der Waals surface area contributed by atoms with Gasteiger partial charge in [-0.05, 0) is 25.1 Å². The van der Waals surface area contributed by atoms with E-state index in [1.54, 1.807) is 18.2 Å². The minimum absolute atomic E-state index is 0.471. The summed E-state index contributed by atoms with van der Waals surface area (Å²) < 4.78 is 6.07. The molecule has 0 saturated heterocycles. The molecule has 0 aromatic heterocycles. The molecule has 82 valence electrons. The highest BCUT2D eigenvalue weighted by molar-refractivity contribution is 9.10. The van der Waals surface area contributed by atoms with Crippen LogP contribution < -0.4 is 10.5 Å². The van der Waals surface area contributed by atoms with Gasteiger partial charge in [0.25, 0.3) is 0 Å². The fraction of sp³-hybridized carbons (Fsp3) is 0.300. The van der Waals surface area contributed by atoms with Gasteiger partial charge in [0.2, 0.25) is 0 Å². The van der Waals surface area contributed by atoms with E-state index in [4.69, 9.17) is 15.6 Å². The van der Waals surface area contributed by atoms with E-state index in [2.05, 4.69) is 15.9 Å². The molecule has 0 aliphatic heterocycles. The van der Waals surface area contributed by atoms with Crippen LogP contribution in [0.3, 0.4) is 0 Å². The molecule has 1 aromatic rings. The maximum Gasteiger partial charge on any atom is 0.325 e. The van der Waals surface area contributed by atoms with Crippen molar-refractivity contribution in [2.75, 3.05) is 6.61 Å². The topological polar surface area (TPSA) is 72.5 Å². The number of rotatable bonds is 4. The van der Waals surface area contributed by atoms with Crippen molar-refractivity contribution >= 4 is 21.9 Å². The lowest BCUT2D eigenvalue weighted by molar-refractivity contribution is -0.138. The average molecular weight is 274 g/mol. The highest BCUT2D eigenvalue weighted by Crippen LogP contribution is 2.27. The van der Waals surface area contributed by atoms with Gasteiger partial charge in [-0.3, -0.25) is 4.79 Å². The maximum absolute atomic E-state index is 10.8. The van der Waals surface area contributed by atoms with Gasteiger partial charge in [0.05, 0.1) is 6.61 Å². The largest absolute Gasteiger partial charge is 0.494 e. The average Bonchev–Trinajstić information content (AvgIpc) is 2.20. The van der Waals surface area contributed by atoms with Crippen LogP contribution in [0.15, 0.2) is 22.7 Å². The number of carbonyl (C=O) groups is 1. The maximum atomic E-state index is 10.8. The Morgan fingerprint density at radius 2 is 2.33 bits per heavy atom. The van der Waals surface area contributed by atoms with Gasteiger partial charge in [-0.25, -0.2) is 0 Å². The van der Waals surface area contributed by atoms with Crippen LogP contribution in [0.2, 0.25) is 0 Å². The lowest BCUT2D eigenvalue weighted by Crippen LogP contribution is -2.21. The summed E-state index contributed by atoms with van der Waals surface area (Å²) in [4.78, 5) is 10.8. The number of nitrogens with two attached hydrogens (primary N) is 1. The monoisotopic (exact) mass is 273 g/mol. The Labute approximate surface area is 96.2 Å². The van der Waals surface area contributed by atoms with Crippen molar-refractivity contribution in [2.24, 2.45) is 5.73 Å². The summed E-state index contributed by atoms with van der Waals surface area (Å²) in [6.07, 6.45) is 0. The molecule has 0 saturated carbocycles. The first-order valence-corrected chi connectivity index (χ1v) is 5.26. The van der Waals surface area contributed by atoms with Crippen molar-refractivity contribution in [3.63, 3.8) is 0 Å². The predicted molar refractivity (Wildman–Crippen MR) is 59.9 cm³/mol. The molecule has 0 aliphatic rings. The number of hydrogen-bond acceptors (Lipinski definition) is 3. The van der Waals surface area contributed by atoms with Gasteiger partial charge in [-0.1, -0.05) is 15.9 Å². The van der Waals surface area contributed by atoms with Gasteiger partial charge in [-0.2, -0.15) is 0 Å². The third-order valence-corrected chi connectivity index (χ3v) is 2.37. The zero-order chi connectivity index (χ0) is 11.4. The fourth-order valence-corrected chi connectivity index (χ4v) is 1.56. The molecule has 3 N–H and O–H groups in total. The van der Waals surface area contributed by atoms with Crippen molar-refractivity contribution in [3.05, 3.63) is 28.2 Å². The molecule has 0 aliphatic carbocycles. The lowest BCUT2D eigenvalue weighted by Gasteiger charge is -2.13. The quantitative estimate of drug-likeness (QED) is 0.880. The first-order chi connectivity index (χ1) is 7.06. The van der Waals surface area contributed by atoms with Gasteiger partial charge in [0, 0.05) is 10.0 Å². The highest BCUT2D eigenvalue weighted by atomic mass is 79.9. The highest BCUT2D eigenvalue weighted by Gasteiger charge is 2.19. The summed E-state index contributed by atoms with van der Waals surface area (Å²) in [5, 5.41) is 8.82. The summed E-state index contributed by atoms with van der Waals surface area (Å²) in [5.41, 5.74) is 6.01. The van der Waals surface area contributed by atoms with E-state index >= 15 is 0 Å². The van der Waals surface area contributed by atoms with Gasteiger partial charge >= 0.3 is 5.97 Å². The van der Waals surface area contributed by atoms with Gasteiger partial charge in [0.1, 0.15) is 11.8 Å². The van der Waals surface area contributed by atoms with Crippen molar-refractivity contribution in [1.82, 2.24) is 0 Å². The smallest absolute Gasteiger partial charge is 0.325 e. The second-order valence-electron chi connectivity index (χ2n) is 2.93. The number of ether oxygens (including phenoxy) is 1. The predicted octanol–water partition coefficient (Wildman–Crippen LogP) is 1.93. The van der Waals surface area contributed by atoms with Crippen LogP contribution in [-0.2, 0) is 4.79 Å². The van der Waals surface area contributed by atoms with Crippen LogP contribution in [0.1, 0.15) is 18.5 Å². The molecule has 0 fully saturated rings. The van der Waals surface area contributed by atoms with Crippen LogP contribution in [-0.4, -0.2) is 17.7 Å². The molecule has 15 heavy (non-hydrogen) atoms. The van der Waals surface area contributed by atoms with Gasteiger partial charge < -0.3 is 15.6 Å². The normalized spacial score (nSPS) is 12.2. The summed E-state index contributed by atoms with van der Waals surface area (Å²) >= 11 is 3.26. The SMILES string of the molecule is CCOc1ccc(Br)cc1C(N)C(=O)O. The van der Waals surface area contributed by atoms with E-state index < -0.39 is 12.0 Å². The molecule has 1 rings (SSSR count). The van der Waals surface area contributed by atoms with Crippen LogP contribution in [0, 0.1) is 0 Å². The van der Waals surface area contributed by atoms with Crippen molar-refractivity contribution in [2.45, 2.75) is 13.0 Å². The Kier molecular flexibility index (Phi) is 4.11. The Bertz CT molecular complexity index is 368. The number of halogens is 1. The van der Waals surface area contributed by atoms with Crippen molar-refractivity contribution in [3.8, 4) is 5.75 Å². The zero-order valence-electron chi connectivity index (χ0n) is 8.24. The minimum Gasteiger partial charge on any atom is -0.494 e. The molecule has 1 unspecified atom stereocenters. The standard InChI is InChI=1S/C10H12BrNO3/c1-2-15-8-4-3-6(11)5-7(8)9(12)10(13)14/h3-5,9H,2,12H2,1H3,(H,13,14). The second-order valence-corrected chi connectivity index (χ2v) is 3.85. The van der Waals surface area contributed by atoms with Crippen LogP contribution in [0.4, 0.5) is 0 Å². The van der Waals surface area contributed by atoms with E-state index in [0.29, 0.717) is 17.9 Å². The Morgan fingerprint density at radius 1 is 1.67 bits per heavy atom. The second kappa shape index (κ2) is 5.14. The van der Waals surface area contributed by atoms with Gasteiger partial charge in [0.15, 0.2) is 0 Å². The number of carboxylic acid groups (broad SMARTS) is 1. The summed E-state index contributed by atoms with van der Waals surface area (Å²) in [6.45, 7) is 2.30. The van der Waals surface area contributed by atoms with Crippen LogP contribution in [0.5, 0.6) is 5.75 Å². The molecule has 5 heteroatoms. The molecular formula is C10H12BrNO3. The first kappa shape index (κ1) is 12.0. The molecule has 0 radical (unpaired) electrons. The Hall–Kier alpha value is -1.07. The van der Waals surface area contributed by atoms with E-state index in [1.807, 2.05) is 6.92 Å². The van der Waals surface area contributed by atoms with Crippen molar-refractivity contribution in [1.29, 1.82) is 0 Å². The molecular weight excluding hydrogens is 262 g/mol. The molecule has 0 spiro atoms. The molecule has 1 atom stereocenters. The van der Waals surface area contributed by atoms with E-state index in [1.165, 1.54) is 0 Å². The number of hydrogen-bond donors (Lipinski definition) is 2. The molecule has 0 heterocycles. The molecule has 1 aromatic carbocycles. The zero-order valence-corrected chi connectivity index (χ0v) is 9.82. The number of benzene rings is 1. The Balaban J connectivity index is 3.11. The van der Waals surface area contributed by atoms with Crippen LogP contribution >= 0.6 is 15.9 Å². The number of carboxylic acids is 1. The third-order valence-electron chi connectivity index (χ3n) is 1.87. The summed E-state index contributed by atoms with van der Waals surface area (Å²) in [6, 6.07) is 4.07. The lowest BCUT2D eigenvalue weighted by atomic mass is 10.1. The third kappa shape index (κ3) is 2.94. The minimum atomic E-state index is -1.07. The van der Waals surface area contributed by atoms with Crippen molar-refractivity contribution < 1.29 is 14.6 Å². The first-order valence-electron chi connectivity index (χ1n) is 4.47. The summed E-state index contributed by atoms with van der Waals surface area (Å²) in [7, 11) is 0. The molecule has 0 amide bonds. The summed E-state index contributed by atoms with van der Waals surface area (Å²) in [5.74, 6) is -0.565. The van der Waals surface area contributed by atoms with E-state index in [0.717, 1.165) is 4.47 Å².